The maximum Gasteiger partial charge on any atom is 0.357 e. The lowest BCUT2D eigenvalue weighted by Crippen LogP contribution is -2.14. The lowest BCUT2D eigenvalue weighted by molar-refractivity contribution is 0.0581. The number of nitrogens with two attached hydrogens (primary N) is 1. The molecule has 0 amide bonds. The van der Waals surface area contributed by atoms with Gasteiger partial charge in [0.2, 0.25) is 0 Å². The zero-order chi connectivity index (χ0) is 13.0. The van der Waals surface area contributed by atoms with Crippen LogP contribution in [-0.2, 0) is 11.3 Å². The fourth-order valence-electron chi connectivity index (χ4n) is 1.33. The van der Waals surface area contributed by atoms with Gasteiger partial charge in [-0.3, -0.25) is 0 Å². The zero-order valence-electron chi connectivity index (χ0n) is 8.91. The fourth-order valence-corrected chi connectivity index (χ4v) is 1.33. The molecule has 5 nitrogen and oxygen atoms in total. The van der Waals surface area contributed by atoms with Crippen LogP contribution in [0.15, 0.2) is 6.07 Å². The van der Waals surface area contributed by atoms with Crippen molar-refractivity contribution in [2.45, 2.75) is 13.0 Å². The van der Waals surface area contributed by atoms with Crippen LogP contribution in [0.3, 0.4) is 0 Å². The molecule has 0 aromatic carbocycles. The monoisotopic (exact) mass is 241 g/mol. The molecule has 0 radical (unpaired) electrons. The summed E-state index contributed by atoms with van der Waals surface area (Å²) in [5, 5.41) is 8.67. The normalized spacial score (nSPS) is 10.1. The first-order chi connectivity index (χ1) is 8.04. The van der Waals surface area contributed by atoms with Crippen LogP contribution < -0.4 is 5.73 Å². The number of aromatic nitrogens is 1. The van der Waals surface area contributed by atoms with E-state index < -0.39 is 23.7 Å². The first-order valence-corrected chi connectivity index (χ1v) is 4.55. The van der Waals surface area contributed by atoms with Crippen LogP contribution in [0.4, 0.5) is 8.78 Å². The highest BCUT2D eigenvalue weighted by Crippen LogP contribution is 2.26. The van der Waals surface area contributed by atoms with Crippen molar-refractivity contribution < 1.29 is 18.3 Å². The number of carbonyl (C=O) groups is 1. The first kappa shape index (κ1) is 13.0. The van der Waals surface area contributed by atoms with E-state index in [0.717, 1.165) is 13.2 Å². The molecule has 2 N–H and O–H groups in total. The summed E-state index contributed by atoms with van der Waals surface area (Å²) >= 11 is 0. The molecular weight excluding hydrogens is 232 g/mol. The predicted octanol–water partition coefficient (Wildman–Crippen LogP) is 1.14. The quantitative estimate of drug-likeness (QED) is 0.801. The maximum atomic E-state index is 12.8. The zero-order valence-corrected chi connectivity index (χ0v) is 8.91. The predicted molar refractivity (Wildman–Crippen MR) is 53.1 cm³/mol. The minimum Gasteiger partial charge on any atom is -0.464 e. The van der Waals surface area contributed by atoms with E-state index in [0.29, 0.717) is 0 Å². The van der Waals surface area contributed by atoms with E-state index in [1.807, 2.05) is 0 Å². The molecule has 17 heavy (non-hydrogen) atoms. The van der Waals surface area contributed by atoms with Gasteiger partial charge in [0.25, 0.3) is 6.43 Å². The van der Waals surface area contributed by atoms with E-state index in [2.05, 4.69) is 9.72 Å². The molecule has 0 aliphatic rings. The van der Waals surface area contributed by atoms with Crippen LogP contribution in [0, 0.1) is 11.3 Å². The molecule has 0 saturated carbocycles. The number of rotatable bonds is 3. The number of ether oxygens (including phenoxy) is 1. The number of carbonyl (C=O) groups excluding carboxylic acids is 1. The van der Waals surface area contributed by atoms with E-state index in [-0.39, 0.29) is 17.8 Å². The molecule has 0 unspecified atom stereocenters. The molecule has 0 bridgehead atoms. The maximum absolute atomic E-state index is 12.8. The van der Waals surface area contributed by atoms with E-state index in [4.69, 9.17) is 11.0 Å². The van der Waals surface area contributed by atoms with Crippen molar-refractivity contribution in [1.82, 2.24) is 4.98 Å². The number of pyridine rings is 1. The summed E-state index contributed by atoms with van der Waals surface area (Å²) in [5.74, 6) is -1.02. The van der Waals surface area contributed by atoms with Gasteiger partial charge in [0.05, 0.1) is 12.7 Å². The van der Waals surface area contributed by atoms with Gasteiger partial charge in [0.15, 0.2) is 5.69 Å². The van der Waals surface area contributed by atoms with Crippen LogP contribution in [0.25, 0.3) is 0 Å². The van der Waals surface area contributed by atoms with E-state index in [1.54, 1.807) is 6.07 Å². The highest BCUT2D eigenvalue weighted by Gasteiger charge is 2.25. The molecule has 0 aliphatic heterocycles. The summed E-state index contributed by atoms with van der Waals surface area (Å²) in [6.07, 6.45) is -2.91. The van der Waals surface area contributed by atoms with Crippen molar-refractivity contribution in [3.63, 3.8) is 0 Å². The van der Waals surface area contributed by atoms with Gasteiger partial charge in [-0.15, -0.1) is 0 Å². The number of esters is 1. The van der Waals surface area contributed by atoms with Crippen molar-refractivity contribution >= 4 is 5.97 Å². The smallest absolute Gasteiger partial charge is 0.357 e. The highest BCUT2D eigenvalue weighted by atomic mass is 19.3. The molecule has 0 saturated heterocycles. The van der Waals surface area contributed by atoms with Crippen LogP contribution >= 0.6 is 0 Å². The van der Waals surface area contributed by atoms with E-state index in [9.17, 15) is 13.6 Å². The number of hydrogen-bond acceptors (Lipinski definition) is 5. The molecule has 0 fully saturated rings. The topological polar surface area (TPSA) is 89.0 Å². The Morgan fingerprint density at radius 1 is 1.71 bits per heavy atom. The van der Waals surface area contributed by atoms with Gasteiger partial charge < -0.3 is 10.5 Å². The molecule has 1 rings (SSSR count). The van der Waals surface area contributed by atoms with Crippen molar-refractivity contribution in [2.24, 2.45) is 5.73 Å². The Hall–Kier alpha value is -2.07. The van der Waals surface area contributed by atoms with Crippen molar-refractivity contribution in [2.75, 3.05) is 7.11 Å². The van der Waals surface area contributed by atoms with Gasteiger partial charge in [-0.2, -0.15) is 5.26 Å². The lowest BCUT2D eigenvalue weighted by Gasteiger charge is -2.11. The number of alkyl halides is 2. The third-order valence-electron chi connectivity index (χ3n) is 2.08. The van der Waals surface area contributed by atoms with Crippen molar-refractivity contribution in [3.8, 4) is 6.07 Å². The summed E-state index contributed by atoms with van der Waals surface area (Å²) in [4.78, 5) is 14.8. The van der Waals surface area contributed by atoms with Gasteiger partial charge in [-0.05, 0) is 11.6 Å². The second kappa shape index (κ2) is 5.32. The molecule has 0 atom stereocenters. The highest BCUT2D eigenvalue weighted by molar-refractivity contribution is 5.89. The summed E-state index contributed by atoms with van der Waals surface area (Å²) < 4.78 is 30.0. The Labute approximate surface area is 95.8 Å². The average Bonchev–Trinajstić information content (AvgIpc) is 2.35. The first-order valence-electron chi connectivity index (χ1n) is 4.55. The molecular formula is C10H9F2N3O2. The number of halogens is 2. The van der Waals surface area contributed by atoms with Crippen molar-refractivity contribution in [1.29, 1.82) is 5.26 Å². The standard InChI is InChI=1S/C10H9F2N3O2/c1-17-10(16)8-7(9(11)12)5(3-13)2-6(4-14)15-8/h2,9H,3,13H2,1H3. The van der Waals surface area contributed by atoms with Gasteiger partial charge in [0, 0.05) is 6.54 Å². The fraction of sp³-hybridized carbons (Fsp3) is 0.300. The summed E-state index contributed by atoms with van der Waals surface area (Å²) in [6, 6.07) is 2.80. The summed E-state index contributed by atoms with van der Waals surface area (Å²) in [6.45, 7) is -0.221. The van der Waals surface area contributed by atoms with Crippen molar-refractivity contribution in [3.05, 3.63) is 28.6 Å². The molecule has 1 aromatic rings. The summed E-state index contributed by atoms with van der Waals surface area (Å²) in [5.41, 5.74) is 4.00. The summed E-state index contributed by atoms with van der Waals surface area (Å²) in [7, 11) is 1.04. The van der Waals surface area contributed by atoms with E-state index >= 15 is 0 Å². The van der Waals surface area contributed by atoms with Crippen LogP contribution in [0.1, 0.15) is 33.7 Å². The second-order valence-electron chi connectivity index (χ2n) is 3.04. The largest absolute Gasteiger partial charge is 0.464 e. The Morgan fingerprint density at radius 3 is 2.76 bits per heavy atom. The molecule has 0 spiro atoms. The molecule has 90 valence electrons. The third kappa shape index (κ3) is 2.54. The SMILES string of the molecule is COC(=O)c1nc(C#N)cc(CN)c1C(F)F. The lowest BCUT2D eigenvalue weighted by atomic mass is 10.1. The number of hydrogen-bond donors (Lipinski definition) is 1. The third-order valence-corrected chi connectivity index (χ3v) is 2.08. The van der Waals surface area contributed by atoms with E-state index in [1.165, 1.54) is 0 Å². The minimum absolute atomic E-state index is 0.00644. The van der Waals surface area contributed by atoms with Crippen LogP contribution in [0.2, 0.25) is 0 Å². The molecule has 1 aromatic heterocycles. The Balaban J connectivity index is 3.53. The molecule has 0 aliphatic carbocycles. The van der Waals surface area contributed by atoms with Crippen LogP contribution in [-0.4, -0.2) is 18.1 Å². The van der Waals surface area contributed by atoms with Gasteiger partial charge in [0.1, 0.15) is 11.8 Å². The van der Waals surface area contributed by atoms with Crippen LogP contribution in [0.5, 0.6) is 0 Å². The number of methoxy groups -OCH3 is 1. The second-order valence-corrected chi connectivity index (χ2v) is 3.04. The Morgan fingerprint density at radius 2 is 2.35 bits per heavy atom. The van der Waals surface area contributed by atoms with Gasteiger partial charge >= 0.3 is 5.97 Å². The van der Waals surface area contributed by atoms with Gasteiger partial charge in [-0.25, -0.2) is 18.6 Å². The molecule has 1 heterocycles. The number of nitrogens with zero attached hydrogens (tertiary/aromatic N) is 2. The Bertz CT molecular complexity index is 483. The Kier molecular flexibility index (Phi) is 4.06. The minimum atomic E-state index is -2.91. The number of nitriles is 1. The van der Waals surface area contributed by atoms with Gasteiger partial charge in [-0.1, -0.05) is 0 Å². The molecule has 7 heteroatoms. The average molecular weight is 241 g/mol.